The Morgan fingerprint density at radius 1 is 1.37 bits per heavy atom. The second-order valence-corrected chi connectivity index (χ2v) is 6.76. The van der Waals surface area contributed by atoms with E-state index in [1.165, 1.54) is 23.5 Å². The first kappa shape index (κ1) is 17.6. The van der Waals surface area contributed by atoms with Crippen LogP contribution in [0.4, 0.5) is 4.39 Å². The molecule has 3 aromatic rings. The van der Waals surface area contributed by atoms with Gasteiger partial charge in [-0.2, -0.15) is 4.98 Å². The molecule has 0 unspecified atom stereocenters. The van der Waals surface area contributed by atoms with E-state index in [2.05, 4.69) is 10.1 Å². The van der Waals surface area contributed by atoms with Gasteiger partial charge in [-0.3, -0.25) is 4.79 Å². The fourth-order valence-corrected chi connectivity index (χ4v) is 3.31. The minimum Gasteiger partial charge on any atom is -0.467 e. The number of benzene rings is 1. The van der Waals surface area contributed by atoms with Crippen molar-refractivity contribution in [1.29, 1.82) is 0 Å². The number of esters is 1. The summed E-state index contributed by atoms with van der Waals surface area (Å²) in [5.41, 5.74) is 1.07. The normalized spacial score (nSPS) is 13.1. The van der Waals surface area contributed by atoms with Crippen molar-refractivity contribution in [3.63, 3.8) is 0 Å². The van der Waals surface area contributed by atoms with Gasteiger partial charge in [-0.25, -0.2) is 4.39 Å². The zero-order chi connectivity index (χ0) is 18.6. The zero-order valence-electron chi connectivity index (χ0n) is 14.1. The highest BCUT2D eigenvalue weighted by atomic mass is 32.1. The molecule has 0 saturated carbocycles. The second-order valence-electron chi connectivity index (χ2n) is 5.81. The molecule has 0 atom stereocenters. The van der Waals surface area contributed by atoms with Gasteiger partial charge in [0.15, 0.2) is 6.79 Å². The first-order valence-corrected chi connectivity index (χ1v) is 9.11. The smallest absolute Gasteiger partial charge is 0.306 e. The van der Waals surface area contributed by atoms with E-state index in [0.29, 0.717) is 28.6 Å². The van der Waals surface area contributed by atoms with E-state index in [-0.39, 0.29) is 32.8 Å². The average Bonchev–Trinajstić information content (AvgIpc) is 3.35. The summed E-state index contributed by atoms with van der Waals surface area (Å²) in [7, 11) is 0. The maximum Gasteiger partial charge on any atom is 0.306 e. The van der Waals surface area contributed by atoms with E-state index in [1.54, 1.807) is 0 Å². The number of thiophene rings is 1. The molecule has 2 aromatic heterocycles. The highest BCUT2D eigenvalue weighted by molar-refractivity contribution is 7.13. The van der Waals surface area contributed by atoms with Crippen molar-refractivity contribution in [2.75, 3.05) is 6.79 Å². The first-order chi connectivity index (χ1) is 13.2. The van der Waals surface area contributed by atoms with Crippen LogP contribution in [0.5, 0.6) is 5.75 Å². The van der Waals surface area contributed by atoms with Gasteiger partial charge >= 0.3 is 5.97 Å². The van der Waals surface area contributed by atoms with Gasteiger partial charge in [0.05, 0.1) is 17.9 Å². The van der Waals surface area contributed by atoms with E-state index < -0.39 is 11.8 Å². The molecule has 3 heterocycles. The van der Waals surface area contributed by atoms with E-state index in [1.807, 2.05) is 17.5 Å². The molecule has 1 aliphatic rings. The number of carbonyl (C=O) groups excluding carboxylic acids is 1. The lowest BCUT2D eigenvalue weighted by Crippen LogP contribution is -2.15. The van der Waals surface area contributed by atoms with Crippen molar-refractivity contribution in [3.05, 3.63) is 52.5 Å². The lowest BCUT2D eigenvalue weighted by atomic mass is 10.1. The van der Waals surface area contributed by atoms with E-state index in [0.717, 1.165) is 4.88 Å². The molecule has 0 N–H and O–H groups in total. The fourth-order valence-electron chi connectivity index (χ4n) is 2.67. The summed E-state index contributed by atoms with van der Waals surface area (Å²) in [5, 5.41) is 5.81. The van der Waals surface area contributed by atoms with Crippen molar-refractivity contribution < 1.29 is 27.9 Å². The number of hydrogen-bond acceptors (Lipinski definition) is 8. The van der Waals surface area contributed by atoms with Gasteiger partial charge in [-0.1, -0.05) is 11.2 Å². The third kappa shape index (κ3) is 4.15. The Bertz CT molecular complexity index is 941. The van der Waals surface area contributed by atoms with Crippen LogP contribution in [0.3, 0.4) is 0 Å². The number of ether oxygens (including phenoxy) is 3. The standard InChI is InChI=1S/C18H15FN2O5S/c19-13-6-11-8-23-10-25-17(11)12(7-13)9-24-16(22)4-3-15-20-18(21-26-15)14-2-1-5-27-14/h1-2,5-7H,3-4,8-10H2. The van der Waals surface area contributed by atoms with Crippen LogP contribution >= 0.6 is 11.3 Å². The predicted octanol–water partition coefficient (Wildman–Crippen LogP) is 3.48. The Balaban J connectivity index is 1.32. The van der Waals surface area contributed by atoms with E-state index >= 15 is 0 Å². The van der Waals surface area contributed by atoms with Crippen LogP contribution in [-0.4, -0.2) is 22.9 Å². The van der Waals surface area contributed by atoms with Gasteiger partial charge in [0.1, 0.15) is 18.2 Å². The first-order valence-electron chi connectivity index (χ1n) is 8.23. The topological polar surface area (TPSA) is 83.7 Å². The number of rotatable bonds is 6. The number of hydrogen-bond donors (Lipinski definition) is 0. The average molecular weight is 390 g/mol. The Morgan fingerprint density at radius 2 is 2.30 bits per heavy atom. The van der Waals surface area contributed by atoms with E-state index in [4.69, 9.17) is 18.7 Å². The second kappa shape index (κ2) is 7.85. The quantitative estimate of drug-likeness (QED) is 0.596. The van der Waals surface area contributed by atoms with Crippen LogP contribution in [0.1, 0.15) is 23.4 Å². The highest BCUT2D eigenvalue weighted by Gasteiger charge is 2.18. The molecule has 140 valence electrons. The Hall–Kier alpha value is -2.78. The molecule has 27 heavy (non-hydrogen) atoms. The maximum absolute atomic E-state index is 13.7. The lowest BCUT2D eigenvalue weighted by Gasteiger charge is -2.20. The van der Waals surface area contributed by atoms with Crippen molar-refractivity contribution in [2.45, 2.75) is 26.1 Å². The number of aryl methyl sites for hydroxylation is 1. The summed E-state index contributed by atoms with van der Waals surface area (Å²) >= 11 is 1.50. The van der Waals surface area contributed by atoms with Crippen LogP contribution < -0.4 is 4.74 Å². The molecule has 7 nitrogen and oxygen atoms in total. The molecule has 0 radical (unpaired) electrons. The van der Waals surface area contributed by atoms with Crippen LogP contribution in [0.25, 0.3) is 10.7 Å². The minimum atomic E-state index is -0.448. The molecule has 4 rings (SSSR count). The molecular weight excluding hydrogens is 375 g/mol. The lowest BCUT2D eigenvalue weighted by molar-refractivity contribution is -0.145. The third-order valence-electron chi connectivity index (χ3n) is 3.89. The molecule has 1 aliphatic heterocycles. The van der Waals surface area contributed by atoms with Crippen molar-refractivity contribution >= 4 is 17.3 Å². The number of halogens is 1. The summed E-state index contributed by atoms with van der Waals surface area (Å²) in [6.07, 6.45) is 0.344. The number of nitrogens with zero attached hydrogens (tertiary/aromatic N) is 2. The van der Waals surface area contributed by atoms with Crippen molar-refractivity contribution in [3.8, 4) is 16.5 Å². The molecule has 0 bridgehead atoms. The van der Waals surface area contributed by atoms with Gasteiger partial charge in [-0.15, -0.1) is 11.3 Å². The number of aromatic nitrogens is 2. The molecule has 0 aliphatic carbocycles. The molecule has 0 spiro atoms. The van der Waals surface area contributed by atoms with Crippen LogP contribution in [0.2, 0.25) is 0 Å². The molecule has 0 amide bonds. The zero-order valence-corrected chi connectivity index (χ0v) is 15.0. The Kier molecular flexibility index (Phi) is 5.12. The van der Waals surface area contributed by atoms with Crippen LogP contribution in [0.15, 0.2) is 34.2 Å². The van der Waals surface area contributed by atoms with Gasteiger partial charge in [0.2, 0.25) is 11.7 Å². The molecular formula is C18H15FN2O5S. The summed E-state index contributed by atoms with van der Waals surface area (Å²) < 4.78 is 34.6. The molecule has 9 heteroatoms. The van der Waals surface area contributed by atoms with Crippen molar-refractivity contribution in [2.24, 2.45) is 0 Å². The highest BCUT2D eigenvalue weighted by Crippen LogP contribution is 2.30. The fraction of sp³-hybridized carbons (Fsp3) is 0.278. The summed E-state index contributed by atoms with van der Waals surface area (Å²) in [4.78, 5) is 17.2. The van der Waals surface area contributed by atoms with E-state index in [9.17, 15) is 9.18 Å². The van der Waals surface area contributed by atoms with Gasteiger partial charge in [0.25, 0.3) is 0 Å². The predicted molar refractivity (Wildman–Crippen MR) is 92.4 cm³/mol. The number of fused-ring (bicyclic) bond motifs is 1. The summed E-state index contributed by atoms with van der Waals surface area (Å²) in [6, 6.07) is 6.43. The summed E-state index contributed by atoms with van der Waals surface area (Å²) in [5.74, 6) is 0.489. The SMILES string of the molecule is O=C(CCc1nc(-c2cccs2)no1)OCc1cc(F)cc2c1OCOC2. The summed E-state index contributed by atoms with van der Waals surface area (Å²) in [6.45, 7) is 0.268. The van der Waals surface area contributed by atoms with Crippen molar-refractivity contribution in [1.82, 2.24) is 10.1 Å². The van der Waals surface area contributed by atoms with Crippen LogP contribution in [0, 0.1) is 5.82 Å². The number of carbonyl (C=O) groups is 1. The third-order valence-corrected chi connectivity index (χ3v) is 4.76. The Labute approximate surface area is 157 Å². The molecule has 0 saturated heterocycles. The van der Waals surface area contributed by atoms with Gasteiger partial charge in [0, 0.05) is 17.5 Å². The Morgan fingerprint density at radius 3 is 3.15 bits per heavy atom. The molecule has 0 fully saturated rings. The van der Waals surface area contributed by atoms with Crippen LogP contribution in [-0.2, 0) is 33.9 Å². The minimum absolute atomic E-state index is 0.0769. The molecule has 1 aromatic carbocycles. The monoisotopic (exact) mass is 390 g/mol. The van der Waals surface area contributed by atoms with Gasteiger partial charge in [-0.05, 0) is 23.6 Å². The maximum atomic E-state index is 13.7. The van der Waals surface area contributed by atoms with Gasteiger partial charge < -0.3 is 18.7 Å². The largest absolute Gasteiger partial charge is 0.467 e.